The molecular formula is C21H23ClN4O. The Kier molecular flexibility index (Phi) is 4.89. The lowest BCUT2D eigenvalue weighted by molar-refractivity contribution is 0.0918. The molecule has 5 nitrogen and oxygen atoms in total. The summed E-state index contributed by atoms with van der Waals surface area (Å²) in [5.41, 5.74) is 9.69. The van der Waals surface area contributed by atoms with Crippen molar-refractivity contribution < 1.29 is 4.79 Å². The number of imidazole rings is 1. The van der Waals surface area contributed by atoms with Gasteiger partial charge in [-0.25, -0.2) is 4.98 Å². The number of rotatable bonds is 4. The van der Waals surface area contributed by atoms with Crippen LogP contribution in [-0.2, 0) is 5.41 Å². The zero-order chi connectivity index (χ0) is 18.9. The van der Waals surface area contributed by atoms with E-state index in [1.807, 2.05) is 36.4 Å². The minimum absolute atomic E-state index is 0.0421. The van der Waals surface area contributed by atoms with Gasteiger partial charge in [-0.2, -0.15) is 0 Å². The number of amides is 1. The average Bonchev–Trinajstić information content (AvgIpc) is 3.16. The molecule has 2 aromatic carbocycles. The molecule has 0 atom stereocenters. The van der Waals surface area contributed by atoms with Gasteiger partial charge >= 0.3 is 0 Å². The number of nitrogens with one attached hydrogen (secondary N) is 2. The maximum atomic E-state index is 12.6. The van der Waals surface area contributed by atoms with Crippen LogP contribution in [0.2, 0.25) is 5.02 Å². The lowest BCUT2D eigenvalue weighted by atomic mass is 9.68. The topological polar surface area (TPSA) is 83.8 Å². The zero-order valence-electron chi connectivity index (χ0n) is 15.0. The molecule has 3 aromatic rings. The first-order valence-electron chi connectivity index (χ1n) is 9.30. The van der Waals surface area contributed by atoms with Gasteiger partial charge in [0.2, 0.25) is 0 Å². The van der Waals surface area contributed by atoms with Gasteiger partial charge in [0, 0.05) is 28.6 Å². The van der Waals surface area contributed by atoms with Gasteiger partial charge < -0.3 is 16.0 Å². The summed E-state index contributed by atoms with van der Waals surface area (Å²) in [6, 6.07) is 13.7. The normalized spacial score (nSPS) is 22.7. The molecule has 0 radical (unpaired) electrons. The number of carbonyl (C=O) groups excluding carboxylic acids is 1. The minimum Gasteiger partial charge on any atom is -0.349 e. The van der Waals surface area contributed by atoms with Gasteiger partial charge in [0.05, 0.1) is 17.4 Å². The summed E-state index contributed by atoms with van der Waals surface area (Å²) in [6.07, 6.45) is 5.32. The fourth-order valence-corrected chi connectivity index (χ4v) is 4.28. The van der Waals surface area contributed by atoms with E-state index >= 15 is 0 Å². The first-order valence-corrected chi connectivity index (χ1v) is 9.68. The van der Waals surface area contributed by atoms with E-state index in [4.69, 9.17) is 17.3 Å². The molecule has 4 rings (SSSR count). The van der Waals surface area contributed by atoms with Crippen molar-refractivity contribution in [2.24, 2.45) is 5.73 Å². The van der Waals surface area contributed by atoms with Crippen LogP contribution in [0.3, 0.4) is 0 Å². The van der Waals surface area contributed by atoms with Crippen LogP contribution in [-0.4, -0.2) is 28.5 Å². The zero-order valence-corrected chi connectivity index (χ0v) is 15.8. The average molecular weight is 383 g/mol. The Morgan fingerprint density at radius 1 is 1.26 bits per heavy atom. The van der Waals surface area contributed by atoms with E-state index in [1.54, 1.807) is 6.33 Å². The van der Waals surface area contributed by atoms with E-state index in [9.17, 15) is 4.79 Å². The third-order valence-corrected chi connectivity index (χ3v) is 6.02. The molecular weight excluding hydrogens is 360 g/mol. The maximum Gasteiger partial charge on any atom is 0.251 e. The number of halogens is 1. The molecule has 1 aromatic heterocycles. The van der Waals surface area contributed by atoms with Crippen LogP contribution in [0.25, 0.3) is 11.0 Å². The number of carbonyl (C=O) groups is 1. The highest BCUT2D eigenvalue weighted by Gasteiger charge is 2.36. The molecule has 140 valence electrons. The molecule has 0 aliphatic heterocycles. The maximum absolute atomic E-state index is 12.6. The molecule has 0 saturated heterocycles. The molecule has 1 aliphatic rings. The molecule has 1 fully saturated rings. The van der Waals surface area contributed by atoms with Gasteiger partial charge in [-0.1, -0.05) is 23.7 Å². The molecule has 27 heavy (non-hydrogen) atoms. The van der Waals surface area contributed by atoms with Crippen LogP contribution in [0.5, 0.6) is 0 Å². The van der Waals surface area contributed by atoms with Crippen LogP contribution in [0, 0.1) is 0 Å². The molecule has 4 N–H and O–H groups in total. The van der Waals surface area contributed by atoms with Crippen molar-refractivity contribution in [2.45, 2.75) is 37.1 Å². The van der Waals surface area contributed by atoms with Crippen molar-refractivity contribution in [3.8, 4) is 0 Å². The molecule has 0 spiro atoms. The fourth-order valence-electron chi connectivity index (χ4n) is 4.09. The third kappa shape index (κ3) is 3.57. The van der Waals surface area contributed by atoms with Crippen molar-refractivity contribution in [1.82, 2.24) is 15.3 Å². The van der Waals surface area contributed by atoms with E-state index in [0.717, 1.165) is 41.7 Å². The Balaban J connectivity index is 1.43. The van der Waals surface area contributed by atoms with E-state index < -0.39 is 0 Å². The quantitative estimate of drug-likeness (QED) is 0.642. The van der Waals surface area contributed by atoms with E-state index in [0.29, 0.717) is 12.1 Å². The number of hydrogen-bond acceptors (Lipinski definition) is 3. The molecule has 1 amide bonds. The van der Waals surface area contributed by atoms with Crippen molar-refractivity contribution >= 4 is 28.5 Å². The number of H-pyrrole nitrogens is 1. The third-order valence-electron chi connectivity index (χ3n) is 5.79. The predicted octanol–water partition coefficient (Wildman–Crippen LogP) is 3.79. The van der Waals surface area contributed by atoms with Gasteiger partial charge in [0.25, 0.3) is 5.91 Å². The Hall–Kier alpha value is -2.37. The Morgan fingerprint density at radius 2 is 2.07 bits per heavy atom. The van der Waals surface area contributed by atoms with Crippen molar-refractivity contribution in [3.63, 3.8) is 0 Å². The Morgan fingerprint density at radius 3 is 2.81 bits per heavy atom. The lowest BCUT2D eigenvalue weighted by Gasteiger charge is -2.40. The second-order valence-electron chi connectivity index (χ2n) is 7.38. The number of aromatic amines is 1. The largest absolute Gasteiger partial charge is 0.349 e. The molecule has 1 aliphatic carbocycles. The van der Waals surface area contributed by atoms with Gasteiger partial charge in [-0.15, -0.1) is 0 Å². The fraction of sp³-hybridized carbons (Fsp3) is 0.333. The Labute approximate surface area is 163 Å². The summed E-state index contributed by atoms with van der Waals surface area (Å²) in [4.78, 5) is 19.9. The second-order valence-corrected chi connectivity index (χ2v) is 7.81. The van der Waals surface area contributed by atoms with Crippen molar-refractivity contribution in [1.29, 1.82) is 0 Å². The highest BCUT2D eigenvalue weighted by atomic mass is 35.5. The van der Waals surface area contributed by atoms with Gasteiger partial charge in [-0.05, 0) is 61.6 Å². The Bertz CT molecular complexity index is 959. The predicted molar refractivity (Wildman–Crippen MR) is 108 cm³/mol. The van der Waals surface area contributed by atoms with Crippen LogP contribution in [0.1, 0.15) is 41.6 Å². The summed E-state index contributed by atoms with van der Waals surface area (Å²) in [7, 11) is 0. The number of benzene rings is 2. The number of nitrogens with zero attached hydrogens (tertiary/aromatic N) is 1. The van der Waals surface area contributed by atoms with E-state index in [2.05, 4.69) is 21.4 Å². The minimum atomic E-state index is -0.0546. The van der Waals surface area contributed by atoms with Crippen molar-refractivity contribution in [3.05, 3.63) is 64.9 Å². The molecule has 1 saturated carbocycles. The smallest absolute Gasteiger partial charge is 0.251 e. The molecule has 6 heteroatoms. The summed E-state index contributed by atoms with van der Waals surface area (Å²) in [5.74, 6) is -0.0421. The monoisotopic (exact) mass is 382 g/mol. The van der Waals surface area contributed by atoms with E-state index in [1.165, 1.54) is 5.56 Å². The standard InChI is InChI=1S/C21H23ClN4O/c22-16-3-1-2-15(11-16)21(12-23)8-6-17(7-9-21)26-20(27)14-4-5-18-19(10-14)25-13-24-18/h1-5,10-11,13,17H,6-9,12,23H2,(H,24,25)(H,26,27). The van der Waals surface area contributed by atoms with Crippen molar-refractivity contribution in [2.75, 3.05) is 6.54 Å². The highest BCUT2D eigenvalue weighted by molar-refractivity contribution is 6.30. The molecule has 0 unspecified atom stereocenters. The van der Waals surface area contributed by atoms with Crippen LogP contribution >= 0.6 is 11.6 Å². The van der Waals surface area contributed by atoms with Crippen LogP contribution < -0.4 is 11.1 Å². The highest BCUT2D eigenvalue weighted by Crippen LogP contribution is 2.39. The van der Waals surface area contributed by atoms with Gasteiger partial charge in [0.1, 0.15) is 0 Å². The number of nitrogens with two attached hydrogens (primary N) is 1. The first-order chi connectivity index (χ1) is 13.1. The summed E-state index contributed by atoms with van der Waals surface area (Å²) >= 11 is 6.18. The van der Waals surface area contributed by atoms with Gasteiger partial charge in [-0.3, -0.25) is 4.79 Å². The van der Waals surface area contributed by atoms with Gasteiger partial charge in [0.15, 0.2) is 0 Å². The number of fused-ring (bicyclic) bond motifs is 1. The lowest BCUT2D eigenvalue weighted by Crippen LogP contribution is -2.45. The van der Waals surface area contributed by atoms with Crippen LogP contribution in [0.15, 0.2) is 48.8 Å². The molecule has 1 heterocycles. The van der Waals surface area contributed by atoms with Crippen LogP contribution in [0.4, 0.5) is 0 Å². The number of hydrogen-bond donors (Lipinski definition) is 3. The second kappa shape index (κ2) is 7.33. The molecule has 0 bridgehead atoms. The van der Waals surface area contributed by atoms with E-state index in [-0.39, 0.29) is 17.4 Å². The summed E-state index contributed by atoms with van der Waals surface area (Å²) < 4.78 is 0. The SMILES string of the molecule is NCC1(c2cccc(Cl)c2)CCC(NC(=O)c2ccc3nc[nH]c3c2)CC1. The summed E-state index contributed by atoms with van der Waals surface area (Å²) in [5, 5.41) is 3.92. The summed E-state index contributed by atoms with van der Waals surface area (Å²) in [6.45, 7) is 0.588. The number of aromatic nitrogens is 2. The first kappa shape index (κ1) is 18.0.